The van der Waals surface area contributed by atoms with Crippen molar-refractivity contribution in [3.05, 3.63) is 52.9 Å². The fourth-order valence-electron chi connectivity index (χ4n) is 4.25. The third kappa shape index (κ3) is 6.67. The van der Waals surface area contributed by atoms with E-state index in [1.807, 2.05) is 5.92 Å². The lowest BCUT2D eigenvalue weighted by Crippen LogP contribution is -2.46. The van der Waals surface area contributed by atoms with Crippen LogP contribution in [0.25, 0.3) is 11.0 Å². The number of carbonyl (C=O) groups is 1. The van der Waals surface area contributed by atoms with Crippen molar-refractivity contribution in [1.29, 1.82) is 0 Å². The fourth-order valence-corrected chi connectivity index (χ4v) is 5.96. The number of nitrogens with one attached hydrogen (secondary N) is 1. The van der Waals surface area contributed by atoms with E-state index >= 15 is 0 Å². The number of para-hydroxylation sites is 1. The zero-order valence-corrected chi connectivity index (χ0v) is 23.8. The first kappa shape index (κ1) is 28.4. The first-order valence-electron chi connectivity index (χ1n) is 13.8. The Labute approximate surface area is 243 Å². The van der Waals surface area contributed by atoms with Crippen molar-refractivity contribution in [2.24, 2.45) is 5.92 Å². The quantitative estimate of drug-likeness (QED) is 0.150. The molecule has 0 amide bonds. The summed E-state index contributed by atoms with van der Waals surface area (Å²) in [6.07, 6.45) is -6.05. The highest BCUT2D eigenvalue weighted by Crippen LogP contribution is 2.51. The molecule has 0 spiro atoms. The molecule has 1 aliphatic heterocycles. The second kappa shape index (κ2) is 12.6. The molecule has 42 heavy (non-hydrogen) atoms. The van der Waals surface area contributed by atoms with Gasteiger partial charge in [-0.3, -0.25) is 19.1 Å². The predicted molar refractivity (Wildman–Crippen MR) is 149 cm³/mol. The second-order valence-corrected chi connectivity index (χ2v) is 11.8. The van der Waals surface area contributed by atoms with Gasteiger partial charge in [-0.15, -0.1) is 0 Å². The van der Waals surface area contributed by atoms with E-state index in [2.05, 4.69) is 15.9 Å². The van der Waals surface area contributed by atoms with Gasteiger partial charge in [-0.1, -0.05) is 37.0 Å². The van der Waals surface area contributed by atoms with E-state index in [1.54, 1.807) is 32.0 Å². The number of fused-ring (bicyclic) bond motifs is 1. The SMILES string of the molecule is [2H]C([2H])(O[P@@](=O)(C[C@@H](C)C(=O)OC(C)C)Oc1ccccc1)[C@H]1O[C@@H](n2ccc3c(=O)[nH]c(N)nc32)C(O)(C#CCF)[C@H]1O. The molecule has 1 aromatic carbocycles. The minimum atomic E-state index is -4.62. The van der Waals surface area contributed by atoms with Crippen molar-refractivity contribution in [2.45, 2.75) is 50.9 Å². The van der Waals surface area contributed by atoms with Gasteiger partial charge < -0.3 is 34.5 Å². The molecule has 2 aromatic heterocycles. The van der Waals surface area contributed by atoms with E-state index in [9.17, 15) is 28.8 Å². The van der Waals surface area contributed by atoms with Gasteiger partial charge in [-0.05, 0) is 32.0 Å². The molecule has 6 atom stereocenters. The summed E-state index contributed by atoms with van der Waals surface area (Å²) in [5.74, 6) is 2.08. The minimum Gasteiger partial charge on any atom is -0.463 e. The Morgan fingerprint density at radius 3 is 2.74 bits per heavy atom. The molecule has 1 saturated heterocycles. The van der Waals surface area contributed by atoms with Crippen LogP contribution in [0.5, 0.6) is 5.75 Å². The molecule has 13 nitrogen and oxygen atoms in total. The average molecular weight is 609 g/mol. The Balaban J connectivity index is 1.73. The number of aliphatic hydroxyl groups is 2. The molecule has 0 aliphatic carbocycles. The van der Waals surface area contributed by atoms with E-state index in [0.717, 1.165) is 4.57 Å². The highest BCUT2D eigenvalue weighted by molar-refractivity contribution is 7.54. The molecule has 0 saturated carbocycles. The summed E-state index contributed by atoms with van der Waals surface area (Å²) in [6.45, 7) is 0.201. The Kier molecular flexibility index (Phi) is 8.55. The number of rotatable bonds is 10. The average Bonchev–Trinajstić information content (AvgIpc) is 3.46. The van der Waals surface area contributed by atoms with Crippen molar-refractivity contribution >= 4 is 30.5 Å². The standard InChI is InChI=1S/C27H32FN4O9P/c1-16(2)39-24(35)17(3)15-42(37,41-18-8-5-4-6-9-18)38-14-20-21(33)27(36,11-7-12-28)25(40-20)32-13-10-19-22(32)30-26(29)31-23(19)34/h4-6,8-10,13,16-17,20-21,25,33,36H,12,14-15H2,1-3H3,(H3,29,30,31,34)/t17-,20-,21+,25-,27?,42+/m1/s1/i14D2. The van der Waals surface area contributed by atoms with E-state index in [-0.39, 0.29) is 22.7 Å². The van der Waals surface area contributed by atoms with Gasteiger partial charge in [0.05, 0.1) is 32.9 Å². The molecule has 226 valence electrons. The van der Waals surface area contributed by atoms with Crippen LogP contribution in [-0.2, 0) is 23.4 Å². The Morgan fingerprint density at radius 1 is 1.36 bits per heavy atom. The van der Waals surface area contributed by atoms with Gasteiger partial charge in [-0.25, -0.2) is 8.96 Å². The summed E-state index contributed by atoms with van der Waals surface area (Å²) in [4.78, 5) is 31.2. The molecule has 0 bridgehead atoms. The number of aliphatic hydroxyl groups excluding tert-OH is 1. The van der Waals surface area contributed by atoms with Crippen LogP contribution in [0.3, 0.4) is 0 Å². The maximum Gasteiger partial charge on any atom is 0.380 e. The molecular weight excluding hydrogens is 574 g/mol. The van der Waals surface area contributed by atoms with Crippen LogP contribution in [-0.4, -0.2) is 74.0 Å². The third-order valence-corrected chi connectivity index (χ3v) is 8.01. The lowest BCUT2D eigenvalue weighted by atomic mass is 9.94. The summed E-state index contributed by atoms with van der Waals surface area (Å²) in [5, 5.41) is 22.8. The van der Waals surface area contributed by atoms with E-state index in [4.69, 9.17) is 27.0 Å². The van der Waals surface area contributed by atoms with Crippen molar-refractivity contribution in [3.63, 3.8) is 0 Å². The molecule has 1 aliphatic rings. The van der Waals surface area contributed by atoms with Crippen molar-refractivity contribution < 1.29 is 45.2 Å². The van der Waals surface area contributed by atoms with Gasteiger partial charge >= 0.3 is 13.6 Å². The minimum absolute atomic E-state index is 0.00355. The number of ether oxygens (including phenoxy) is 2. The maximum absolute atomic E-state index is 14.1. The number of hydrogen-bond acceptors (Lipinski definition) is 11. The van der Waals surface area contributed by atoms with Crippen LogP contribution in [0.2, 0.25) is 0 Å². The Bertz CT molecular complexity index is 1680. The lowest BCUT2D eigenvalue weighted by molar-refractivity contribution is -0.151. The number of esters is 1. The number of hydrogen-bond donors (Lipinski definition) is 4. The topological polar surface area (TPSA) is 188 Å². The van der Waals surface area contributed by atoms with Crippen LogP contribution in [0.1, 0.15) is 29.7 Å². The highest BCUT2D eigenvalue weighted by atomic mass is 31.2. The highest BCUT2D eigenvalue weighted by Gasteiger charge is 2.56. The Morgan fingerprint density at radius 2 is 2.07 bits per heavy atom. The first-order chi connectivity index (χ1) is 20.6. The number of aromatic amines is 1. The van der Waals surface area contributed by atoms with Gasteiger partial charge in [0.25, 0.3) is 5.56 Å². The Hall–Kier alpha value is -3.73. The second-order valence-electron chi connectivity index (χ2n) is 9.82. The summed E-state index contributed by atoms with van der Waals surface area (Å²) >= 11 is 0. The van der Waals surface area contributed by atoms with Crippen molar-refractivity contribution in [1.82, 2.24) is 14.5 Å². The summed E-state index contributed by atoms with van der Waals surface area (Å²) in [5.41, 5.74) is 2.22. The van der Waals surface area contributed by atoms with Crippen molar-refractivity contribution in [2.75, 3.05) is 25.1 Å². The number of nitrogens with zero attached hydrogens (tertiary/aromatic N) is 2. The number of benzene rings is 1. The van der Waals surface area contributed by atoms with E-state index in [0.29, 0.717) is 0 Å². The van der Waals surface area contributed by atoms with Gasteiger partial charge in [0.15, 0.2) is 17.5 Å². The number of nitrogens with two attached hydrogens (primary N) is 1. The van der Waals surface area contributed by atoms with Crippen LogP contribution in [0, 0.1) is 17.8 Å². The number of anilines is 1. The fraction of sp³-hybridized carbons (Fsp3) is 0.444. The maximum atomic E-state index is 14.1. The number of nitrogen functional groups attached to an aromatic ring is 1. The van der Waals surface area contributed by atoms with Gasteiger partial charge in [0.2, 0.25) is 5.95 Å². The lowest BCUT2D eigenvalue weighted by Gasteiger charge is -2.27. The van der Waals surface area contributed by atoms with Crippen LogP contribution in [0.4, 0.5) is 10.3 Å². The summed E-state index contributed by atoms with van der Waals surface area (Å²) < 4.78 is 67.7. The molecule has 5 N–H and O–H groups in total. The third-order valence-electron chi connectivity index (χ3n) is 6.14. The molecule has 15 heteroatoms. The van der Waals surface area contributed by atoms with Crippen LogP contribution < -0.4 is 15.8 Å². The smallest absolute Gasteiger partial charge is 0.380 e. The van der Waals surface area contributed by atoms with Crippen molar-refractivity contribution in [3.8, 4) is 17.6 Å². The number of carbonyl (C=O) groups excluding carboxylic acids is 1. The normalized spacial score (nSPS) is 25.2. The molecule has 3 heterocycles. The van der Waals surface area contributed by atoms with Crippen LogP contribution >= 0.6 is 7.60 Å². The zero-order valence-electron chi connectivity index (χ0n) is 24.9. The number of aromatic nitrogens is 3. The molecule has 0 radical (unpaired) electrons. The van der Waals surface area contributed by atoms with Gasteiger partial charge in [0.1, 0.15) is 24.6 Å². The van der Waals surface area contributed by atoms with Gasteiger partial charge in [-0.2, -0.15) is 4.98 Å². The predicted octanol–water partition coefficient (Wildman–Crippen LogP) is 2.15. The molecule has 4 rings (SSSR count). The number of H-pyrrole nitrogens is 1. The monoisotopic (exact) mass is 608 g/mol. The first-order valence-corrected chi connectivity index (χ1v) is 14.6. The zero-order chi connectivity index (χ0) is 32.4. The summed E-state index contributed by atoms with van der Waals surface area (Å²) in [6, 6.07) is 8.96. The number of halogens is 1. The molecular formula is C27H32FN4O9P. The molecule has 1 unspecified atom stereocenters. The largest absolute Gasteiger partial charge is 0.463 e. The van der Waals surface area contributed by atoms with Gasteiger partial charge in [0, 0.05) is 6.20 Å². The van der Waals surface area contributed by atoms with Crippen LogP contribution in [0.15, 0.2) is 47.4 Å². The molecule has 1 fully saturated rings. The molecule has 3 aromatic rings. The van der Waals surface area contributed by atoms with E-state index < -0.39 is 74.6 Å². The summed E-state index contributed by atoms with van der Waals surface area (Å²) in [7, 11) is -4.62. The van der Waals surface area contributed by atoms with E-state index in [1.165, 1.54) is 31.3 Å². The number of alkyl halides is 1.